The molecule has 3 heteroatoms. The summed E-state index contributed by atoms with van der Waals surface area (Å²) in [5, 5.41) is 0. The fourth-order valence-corrected chi connectivity index (χ4v) is 2.49. The van der Waals surface area contributed by atoms with Crippen LogP contribution in [0.4, 0.5) is 5.69 Å². The third-order valence-electron chi connectivity index (χ3n) is 3.41. The molecule has 1 aliphatic rings. The van der Waals surface area contributed by atoms with Gasteiger partial charge in [0.25, 0.3) is 0 Å². The summed E-state index contributed by atoms with van der Waals surface area (Å²) in [6.07, 6.45) is 2.00. The number of hydrogen-bond donors (Lipinski definition) is 0. The van der Waals surface area contributed by atoms with E-state index in [4.69, 9.17) is 4.74 Å². The van der Waals surface area contributed by atoms with Gasteiger partial charge in [0.1, 0.15) is 0 Å². The topological polar surface area (TPSA) is 29.5 Å². The maximum atomic E-state index is 11.8. The van der Waals surface area contributed by atoms with Crippen molar-refractivity contribution in [2.24, 2.45) is 5.92 Å². The molecule has 98 valence electrons. The minimum Gasteiger partial charge on any atom is -0.466 e. The Kier molecular flexibility index (Phi) is 4.24. The van der Waals surface area contributed by atoms with Gasteiger partial charge in [-0.1, -0.05) is 12.1 Å². The van der Waals surface area contributed by atoms with E-state index < -0.39 is 0 Å². The van der Waals surface area contributed by atoms with Gasteiger partial charge in [-0.2, -0.15) is 0 Å². The van der Waals surface area contributed by atoms with Gasteiger partial charge in [0.15, 0.2) is 0 Å². The molecule has 0 N–H and O–H groups in total. The lowest BCUT2D eigenvalue weighted by Gasteiger charge is -2.33. The van der Waals surface area contributed by atoms with E-state index in [1.807, 2.05) is 6.92 Å². The van der Waals surface area contributed by atoms with Crippen LogP contribution < -0.4 is 4.90 Å². The molecule has 18 heavy (non-hydrogen) atoms. The minimum absolute atomic E-state index is 0.0270. The number of aryl methyl sites for hydroxylation is 1. The van der Waals surface area contributed by atoms with Crippen LogP contribution in [0.5, 0.6) is 0 Å². The van der Waals surface area contributed by atoms with Crippen molar-refractivity contribution < 1.29 is 9.53 Å². The van der Waals surface area contributed by atoms with Gasteiger partial charge in [0.05, 0.1) is 12.5 Å². The van der Waals surface area contributed by atoms with E-state index >= 15 is 0 Å². The molecule has 0 spiro atoms. The molecule has 0 aromatic heterocycles. The van der Waals surface area contributed by atoms with Gasteiger partial charge >= 0.3 is 5.97 Å². The standard InChI is InChI=1S/C15H21NO2/c1-3-18-15(17)13-7-5-9-16(11-13)14-8-4-6-12(2)10-14/h4,6,8,10,13H,3,5,7,9,11H2,1-2H3/t13-/m1/s1. The molecule has 1 aromatic rings. The zero-order valence-electron chi connectivity index (χ0n) is 11.2. The van der Waals surface area contributed by atoms with Crippen molar-refractivity contribution in [2.75, 3.05) is 24.6 Å². The summed E-state index contributed by atoms with van der Waals surface area (Å²) in [5.41, 5.74) is 2.47. The zero-order chi connectivity index (χ0) is 13.0. The highest BCUT2D eigenvalue weighted by Crippen LogP contribution is 2.24. The first-order chi connectivity index (χ1) is 8.70. The van der Waals surface area contributed by atoms with Crippen LogP contribution in [0.1, 0.15) is 25.3 Å². The maximum Gasteiger partial charge on any atom is 0.310 e. The normalized spacial score (nSPS) is 19.7. The predicted molar refractivity (Wildman–Crippen MR) is 72.7 cm³/mol. The monoisotopic (exact) mass is 247 g/mol. The summed E-state index contributed by atoms with van der Waals surface area (Å²) in [6, 6.07) is 8.45. The number of rotatable bonds is 3. The third kappa shape index (κ3) is 3.03. The number of piperidine rings is 1. The van der Waals surface area contributed by atoms with Gasteiger partial charge in [-0.05, 0) is 44.4 Å². The molecule has 1 fully saturated rings. The average molecular weight is 247 g/mol. The fourth-order valence-electron chi connectivity index (χ4n) is 2.49. The number of carbonyl (C=O) groups is 1. The number of nitrogens with zero attached hydrogens (tertiary/aromatic N) is 1. The van der Waals surface area contributed by atoms with Gasteiger partial charge in [-0.15, -0.1) is 0 Å². The summed E-state index contributed by atoms with van der Waals surface area (Å²) >= 11 is 0. The van der Waals surface area contributed by atoms with E-state index in [2.05, 4.69) is 36.1 Å². The summed E-state index contributed by atoms with van der Waals surface area (Å²) < 4.78 is 5.12. The van der Waals surface area contributed by atoms with Crippen LogP contribution in [0.25, 0.3) is 0 Å². The van der Waals surface area contributed by atoms with Gasteiger partial charge in [0, 0.05) is 18.8 Å². The average Bonchev–Trinajstić information content (AvgIpc) is 2.39. The molecule has 0 amide bonds. The summed E-state index contributed by atoms with van der Waals surface area (Å²) in [5.74, 6) is -0.0194. The number of hydrogen-bond acceptors (Lipinski definition) is 3. The lowest BCUT2D eigenvalue weighted by atomic mass is 9.97. The Bertz CT molecular complexity index is 417. The molecular formula is C15H21NO2. The molecular weight excluding hydrogens is 226 g/mol. The molecule has 0 bridgehead atoms. The molecule has 0 aliphatic carbocycles. The van der Waals surface area contributed by atoms with Gasteiger partial charge < -0.3 is 9.64 Å². The lowest BCUT2D eigenvalue weighted by Crippen LogP contribution is -2.39. The van der Waals surface area contributed by atoms with E-state index in [9.17, 15) is 4.79 Å². The van der Waals surface area contributed by atoms with Crippen LogP contribution in [-0.2, 0) is 9.53 Å². The molecule has 3 nitrogen and oxygen atoms in total. The highest BCUT2D eigenvalue weighted by molar-refractivity contribution is 5.73. The second kappa shape index (κ2) is 5.89. The molecule has 1 aromatic carbocycles. The Morgan fingerprint density at radius 3 is 3.06 bits per heavy atom. The van der Waals surface area contributed by atoms with E-state index in [0.717, 1.165) is 25.9 Å². The molecule has 1 saturated heterocycles. The molecule has 1 atom stereocenters. The second-order valence-electron chi connectivity index (χ2n) is 4.88. The lowest BCUT2D eigenvalue weighted by molar-refractivity contribution is -0.148. The van der Waals surface area contributed by atoms with Crippen molar-refractivity contribution in [3.8, 4) is 0 Å². The number of benzene rings is 1. The molecule has 1 aliphatic heterocycles. The Morgan fingerprint density at radius 2 is 2.33 bits per heavy atom. The van der Waals surface area contributed by atoms with Crippen molar-refractivity contribution in [1.29, 1.82) is 0 Å². The first-order valence-electron chi connectivity index (χ1n) is 6.69. The predicted octanol–water partition coefficient (Wildman–Crippen LogP) is 2.77. The molecule has 0 unspecified atom stereocenters. The SMILES string of the molecule is CCOC(=O)[C@@H]1CCCN(c2cccc(C)c2)C1. The minimum atomic E-state index is -0.0464. The molecule has 0 radical (unpaired) electrons. The van der Waals surface area contributed by atoms with Crippen LogP contribution in [-0.4, -0.2) is 25.7 Å². The van der Waals surface area contributed by atoms with E-state index in [1.165, 1.54) is 11.3 Å². The summed E-state index contributed by atoms with van der Waals surface area (Å²) in [4.78, 5) is 14.1. The van der Waals surface area contributed by atoms with Crippen LogP contribution in [0.2, 0.25) is 0 Å². The van der Waals surface area contributed by atoms with Gasteiger partial charge in [-0.25, -0.2) is 0 Å². The first kappa shape index (κ1) is 12.9. The third-order valence-corrected chi connectivity index (χ3v) is 3.41. The quantitative estimate of drug-likeness (QED) is 0.769. The van der Waals surface area contributed by atoms with Gasteiger partial charge in [0.2, 0.25) is 0 Å². The highest BCUT2D eigenvalue weighted by atomic mass is 16.5. The number of ether oxygens (including phenoxy) is 1. The largest absolute Gasteiger partial charge is 0.466 e. The van der Waals surface area contributed by atoms with Crippen molar-refractivity contribution in [3.05, 3.63) is 29.8 Å². The van der Waals surface area contributed by atoms with Crippen molar-refractivity contribution in [3.63, 3.8) is 0 Å². The smallest absolute Gasteiger partial charge is 0.310 e. The van der Waals surface area contributed by atoms with Crippen LogP contribution in [0.15, 0.2) is 24.3 Å². The van der Waals surface area contributed by atoms with E-state index in [0.29, 0.717) is 6.61 Å². The first-order valence-corrected chi connectivity index (χ1v) is 6.69. The van der Waals surface area contributed by atoms with Crippen LogP contribution >= 0.6 is 0 Å². The second-order valence-corrected chi connectivity index (χ2v) is 4.88. The number of esters is 1. The fraction of sp³-hybridized carbons (Fsp3) is 0.533. The number of anilines is 1. The Balaban J connectivity index is 2.04. The summed E-state index contributed by atoms with van der Waals surface area (Å²) in [7, 11) is 0. The maximum absolute atomic E-state index is 11.8. The van der Waals surface area contributed by atoms with Gasteiger partial charge in [-0.3, -0.25) is 4.79 Å². The van der Waals surface area contributed by atoms with Crippen LogP contribution in [0, 0.1) is 12.8 Å². The molecule has 2 rings (SSSR count). The van der Waals surface area contributed by atoms with E-state index in [-0.39, 0.29) is 11.9 Å². The Morgan fingerprint density at radius 1 is 1.50 bits per heavy atom. The molecule has 1 heterocycles. The Labute approximate surface area is 109 Å². The summed E-state index contributed by atoms with van der Waals surface area (Å²) in [6.45, 7) is 6.23. The zero-order valence-corrected chi connectivity index (χ0v) is 11.2. The van der Waals surface area contributed by atoms with Crippen molar-refractivity contribution >= 4 is 11.7 Å². The van der Waals surface area contributed by atoms with Crippen LogP contribution in [0.3, 0.4) is 0 Å². The molecule has 0 saturated carbocycles. The van der Waals surface area contributed by atoms with E-state index in [1.54, 1.807) is 0 Å². The Hall–Kier alpha value is -1.51. The van der Waals surface area contributed by atoms with Crippen molar-refractivity contribution in [2.45, 2.75) is 26.7 Å². The highest BCUT2D eigenvalue weighted by Gasteiger charge is 2.26. The van der Waals surface area contributed by atoms with Crippen molar-refractivity contribution in [1.82, 2.24) is 0 Å². The number of carbonyl (C=O) groups excluding carboxylic acids is 1.